The van der Waals surface area contributed by atoms with Gasteiger partial charge in [-0.15, -0.1) is 0 Å². The normalized spacial score (nSPS) is 7.83. The Balaban J connectivity index is 0. The summed E-state index contributed by atoms with van der Waals surface area (Å²) in [5.74, 6) is 0. The summed E-state index contributed by atoms with van der Waals surface area (Å²) in [5.41, 5.74) is 0. The lowest BCUT2D eigenvalue weighted by atomic mass is 10.4. The first-order valence-corrected chi connectivity index (χ1v) is 4.09. The fourth-order valence-electron chi connectivity index (χ4n) is 0.211. The fourth-order valence-corrected chi connectivity index (χ4v) is 0.422. The number of aliphatic imine (C=N–C) groups is 2. The highest BCUT2D eigenvalue weighted by Crippen LogP contribution is 1.79. The number of hydrogen-bond donors (Lipinski definition) is 0. The molecule has 0 amide bonds. The van der Waals surface area contributed by atoms with Crippen LogP contribution in [0.15, 0.2) is 9.98 Å². The van der Waals surface area contributed by atoms with E-state index in [2.05, 4.69) is 27.4 Å². The van der Waals surface area contributed by atoms with Gasteiger partial charge in [0.15, 0.2) is 0 Å². The van der Waals surface area contributed by atoms with Crippen LogP contribution in [0, 0.1) is 0 Å². The molecular weight excluding hydrogens is 172 g/mol. The molecule has 12 heavy (non-hydrogen) atoms. The van der Waals surface area contributed by atoms with E-state index in [-0.39, 0.29) is 6.04 Å². The molecule has 0 N–H and O–H groups in total. The minimum absolute atomic E-state index is 0.0995. The Morgan fingerprint density at radius 2 is 1.50 bits per heavy atom. The Morgan fingerprint density at radius 1 is 1.08 bits per heavy atom. The lowest BCUT2D eigenvalue weighted by Crippen LogP contribution is -1.83. The molecule has 0 saturated carbocycles. The third-order valence-electron chi connectivity index (χ3n) is 0.622. The lowest BCUT2D eigenvalue weighted by Gasteiger charge is -1.83. The van der Waals surface area contributed by atoms with Gasteiger partial charge in [-0.2, -0.15) is 0 Å². The summed E-state index contributed by atoms with van der Waals surface area (Å²) >= 11 is 4.31. The van der Waals surface area contributed by atoms with Crippen LogP contribution in [0.25, 0.3) is 0 Å². The standard InChI is InChI=1S/C4H7NO.C4H7NS/c2*1-4(2)5-3-6/h2*4H,1-2H3. The quantitative estimate of drug-likeness (QED) is 0.377. The van der Waals surface area contributed by atoms with Crippen molar-refractivity contribution in [3.05, 3.63) is 0 Å². The first-order valence-electron chi connectivity index (χ1n) is 3.68. The monoisotopic (exact) mass is 186 g/mol. The van der Waals surface area contributed by atoms with Crippen LogP contribution in [-0.4, -0.2) is 23.3 Å². The van der Waals surface area contributed by atoms with Gasteiger partial charge in [0.2, 0.25) is 6.08 Å². The summed E-state index contributed by atoms with van der Waals surface area (Å²) in [6, 6.07) is 0.407. The Bertz CT molecular complexity index is 167. The number of isocyanates is 1. The summed E-state index contributed by atoms with van der Waals surface area (Å²) in [7, 11) is 0. The second-order valence-corrected chi connectivity index (χ2v) is 2.81. The zero-order valence-corrected chi connectivity index (χ0v) is 8.68. The van der Waals surface area contributed by atoms with E-state index >= 15 is 0 Å². The highest BCUT2D eigenvalue weighted by Gasteiger charge is 1.78. The molecule has 0 rings (SSSR count). The Labute approximate surface area is 78.6 Å². The molecule has 0 aliphatic rings. The van der Waals surface area contributed by atoms with E-state index < -0.39 is 0 Å². The predicted octanol–water partition coefficient (Wildman–Crippen LogP) is 2.23. The molecule has 0 unspecified atom stereocenters. The second-order valence-electron chi connectivity index (χ2n) is 2.63. The van der Waals surface area contributed by atoms with Crippen molar-refractivity contribution >= 4 is 23.5 Å². The summed E-state index contributed by atoms with van der Waals surface area (Å²) in [5, 5.41) is 2.28. The number of nitrogens with zero attached hydrogens (tertiary/aromatic N) is 2. The van der Waals surface area contributed by atoms with Crippen LogP contribution in [0.5, 0.6) is 0 Å². The predicted molar refractivity (Wildman–Crippen MR) is 53.4 cm³/mol. The van der Waals surface area contributed by atoms with Gasteiger partial charge in [0.1, 0.15) is 0 Å². The van der Waals surface area contributed by atoms with E-state index in [9.17, 15) is 4.79 Å². The van der Waals surface area contributed by atoms with E-state index in [4.69, 9.17) is 0 Å². The molecular formula is C8H14N2OS. The van der Waals surface area contributed by atoms with Crippen molar-refractivity contribution < 1.29 is 4.79 Å². The third kappa shape index (κ3) is 22.9. The second kappa shape index (κ2) is 10.2. The van der Waals surface area contributed by atoms with Crippen molar-refractivity contribution in [2.24, 2.45) is 9.98 Å². The third-order valence-corrected chi connectivity index (χ3v) is 0.727. The maximum atomic E-state index is 9.32. The minimum atomic E-state index is 0.0995. The van der Waals surface area contributed by atoms with Crippen molar-refractivity contribution in [3.8, 4) is 0 Å². The van der Waals surface area contributed by atoms with Gasteiger partial charge in [0.05, 0.1) is 17.2 Å². The fraction of sp³-hybridized carbons (Fsp3) is 0.750. The Hall–Kier alpha value is -0.820. The highest BCUT2D eigenvalue weighted by atomic mass is 32.1. The molecule has 0 heterocycles. The smallest absolute Gasteiger partial charge is 0.230 e. The molecule has 0 aliphatic heterocycles. The van der Waals surface area contributed by atoms with Gasteiger partial charge in [-0.1, -0.05) is 0 Å². The average molecular weight is 186 g/mol. The molecule has 0 aromatic heterocycles. The van der Waals surface area contributed by atoms with Crippen molar-refractivity contribution in [3.63, 3.8) is 0 Å². The van der Waals surface area contributed by atoms with E-state index in [1.807, 2.05) is 27.7 Å². The Kier molecular flexibility index (Phi) is 11.7. The summed E-state index contributed by atoms with van der Waals surface area (Å²) in [4.78, 5) is 16.3. The van der Waals surface area contributed by atoms with Gasteiger partial charge < -0.3 is 0 Å². The summed E-state index contributed by atoms with van der Waals surface area (Å²) in [6.45, 7) is 7.56. The zero-order valence-electron chi connectivity index (χ0n) is 7.87. The molecule has 0 atom stereocenters. The molecule has 0 spiro atoms. The van der Waals surface area contributed by atoms with Crippen LogP contribution in [0.1, 0.15) is 27.7 Å². The number of isothiocyanates is 1. The summed E-state index contributed by atoms with van der Waals surface area (Å²) < 4.78 is 0. The molecule has 4 heteroatoms. The van der Waals surface area contributed by atoms with Crippen molar-refractivity contribution in [1.29, 1.82) is 0 Å². The van der Waals surface area contributed by atoms with Gasteiger partial charge in [-0.05, 0) is 39.9 Å². The maximum Gasteiger partial charge on any atom is 0.235 e. The molecule has 0 radical (unpaired) electrons. The molecule has 0 saturated heterocycles. The molecule has 0 aromatic rings. The van der Waals surface area contributed by atoms with Gasteiger partial charge in [-0.25, -0.2) is 14.8 Å². The first-order chi connectivity index (χ1) is 5.54. The number of rotatable bonds is 2. The van der Waals surface area contributed by atoms with Crippen LogP contribution < -0.4 is 0 Å². The summed E-state index contributed by atoms with van der Waals surface area (Å²) in [6.07, 6.45) is 1.44. The van der Waals surface area contributed by atoms with E-state index in [0.717, 1.165) is 0 Å². The van der Waals surface area contributed by atoms with Crippen LogP contribution in [0.2, 0.25) is 0 Å². The number of thiocarbonyl (C=S) groups is 1. The average Bonchev–Trinajstić information content (AvgIpc) is 1.87. The zero-order chi connectivity index (χ0) is 9.98. The van der Waals surface area contributed by atoms with Crippen LogP contribution in [0.4, 0.5) is 0 Å². The van der Waals surface area contributed by atoms with Crippen molar-refractivity contribution in [2.45, 2.75) is 39.8 Å². The van der Waals surface area contributed by atoms with Crippen LogP contribution in [0.3, 0.4) is 0 Å². The molecule has 0 fully saturated rings. The molecule has 0 aliphatic carbocycles. The SMILES string of the molecule is CC(C)N=C=O.CC(C)N=C=S. The van der Waals surface area contributed by atoms with Crippen LogP contribution >= 0.6 is 12.2 Å². The van der Waals surface area contributed by atoms with Crippen molar-refractivity contribution in [2.75, 3.05) is 0 Å². The van der Waals surface area contributed by atoms with Gasteiger partial charge in [-0.3, -0.25) is 0 Å². The van der Waals surface area contributed by atoms with Gasteiger partial charge in [0, 0.05) is 0 Å². The first kappa shape index (κ1) is 13.7. The largest absolute Gasteiger partial charge is 0.235 e. The molecule has 0 aromatic carbocycles. The van der Waals surface area contributed by atoms with Crippen LogP contribution in [-0.2, 0) is 4.79 Å². The number of carbonyl (C=O) groups excluding carboxylic acids is 1. The van der Waals surface area contributed by atoms with E-state index in [0.29, 0.717) is 6.04 Å². The highest BCUT2D eigenvalue weighted by molar-refractivity contribution is 7.78. The molecule has 68 valence electrons. The van der Waals surface area contributed by atoms with Crippen molar-refractivity contribution in [1.82, 2.24) is 0 Å². The minimum Gasteiger partial charge on any atom is -0.230 e. The van der Waals surface area contributed by atoms with Gasteiger partial charge in [0.25, 0.3) is 0 Å². The lowest BCUT2D eigenvalue weighted by molar-refractivity contribution is 0.560. The molecule has 0 bridgehead atoms. The Morgan fingerprint density at radius 3 is 1.50 bits per heavy atom. The number of hydrogen-bond acceptors (Lipinski definition) is 4. The maximum absolute atomic E-state index is 9.32. The van der Waals surface area contributed by atoms with E-state index in [1.54, 1.807) is 0 Å². The molecule has 3 nitrogen and oxygen atoms in total. The topological polar surface area (TPSA) is 41.8 Å². The van der Waals surface area contributed by atoms with E-state index in [1.165, 1.54) is 6.08 Å². The van der Waals surface area contributed by atoms with Gasteiger partial charge >= 0.3 is 0 Å².